The number of aromatic nitrogens is 2. The molecule has 0 aliphatic carbocycles. The van der Waals surface area contributed by atoms with Crippen LogP contribution in [0.4, 0.5) is 5.69 Å². The number of hydrogen-bond donors (Lipinski definition) is 1. The van der Waals surface area contributed by atoms with Crippen molar-refractivity contribution in [3.05, 3.63) is 72.1 Å². The third kappa shape index (κ3) is 5.27. The molecule has 1 atom stereocenters. The maximum atomic E-state index is 12.2. The Labute approximate surface area is 171 Å². The summed E-state index contributed by atoms with van der Waals surface area (Å²) >= 11 is 0. The molecule has 1 unspecified atom stereocenters. The van der Waals surface area contributed by atoms with Gasteiger partial charge in [0.2, 0.25) is 5.91 Å². The number of nitrogens with one attached hydrogen (secondary N) is 1. The van der Waals surface area contributed by atoms with E-state index in [2.05, 4.69) is 39.2 Å². The van der Waals surface area contributed by atoms with Gasteiger partial charge in [0.15, 0.2) is 0 Å². The number of benzene rings is 2. The molecule has 5 nitrogen and oxygen atoms in total. The first-order valence-corrected chi connectivity index (χ1v) is 10.2. The van der Waals surface area contributed by atoms with Gasteiger partial charge >= 0.3 is 0 Å². The van der Waals surface area contributed by atoms with E-state index in [0.717, 1.165) is 29.2 Å². The van der Waals surface area contributed by atoms with Crippen molar-refractivity contribution in [1.29, 1.82) is 0 Å². The number of amides is 1. The topological polar surface area (TPSA) is 58.1 Å². The van der Waals surface area contributed by atoms with Crippen molar-refractivity contribution in [2.75, 3.05) is 18.4 Å². The summed E-state index contributed by atoms with van der Waals surface area (Å²) in [5, 5.41) is 2.90. The van der Waals surface area contributed by atoms with Crippen molar-refractivity contribution < 1.29 is 4.79 Å². The Morgan fingerprint density at radius 2 is 1.97 bits per heavy atom. The molecule has 4 rings (SSSR count). The molecule has 1 amide bonds. The van der Waals surface area contributed by atoms with Crippen LogP contribution in [0.25, 0.3) is 17.1 Å². The van der Waals surface area contributed by atoms with Crippen LogP contribution in [-0.4, -0.2) is 33.9 Å². The minimum Gasteiger partial charge on any atom is -0.323 e. The standard InChI is InChI=1S/C24H26N4O/c1-18-5-4-14-28(16-18)17-19-8-10-20(11-9-19)27-24(29)13-12-21-15-25-22-6-2-3-7-23(22)26-21/h2-3,6-13,15,18H,4-5,14,16-17H2,1H3,(H,27,29)/b13-12+. The highest BCUT2D eigenvalue weighted by Gasteiger charge is 2.16. The zero-order valence-corrected chi connectivity index (χ0v) is 16.7. The maximum absolute atomic E-state index is 12.2. The van der Waals surface area contributed by atoms with Crippen molar-refractivity contribution >= 4 is 28.7 Å². The van der Waals surface area contributed by atoms with Gasteiger partial charge in [0, 0.05) is 24.9 Å². The first kappa shape index (κ1) is 19.3. The molecule has 1 N–H and O–H groups in total. The number of piperidine rings is 1. The van der Waals surface area contributed by atoms with Gasteiger partial charge in [-0.2, -0.15) is 0 Å². The van der Waals surface area contributed by atoms with Crippen molar-refractivity contribution in [3.8, 4) is 0 Å². The van der Waals surface area contributed by atoms with E-state index in [9.17, 15) is 4.79 Å². The van der Waals surface area contributed by atoms with Gasteiger partial charge in [0.25, 0.3) is 0 Å². The Morgan fingerprint density at radius 1 is 1.17 bits per heavy atom. The van der Waals surface area contributed by atoms with Gasteiger partial charge < -0.3 is 5.32 Å². The summed E-state index contributed by atoms with van der Waals surface area (Å²) in [5.74, 6) is 0.596. The monoisotopic (exact) mass is 386 g/mol. The van der Waals surface area contributed by atoms with Crippen LogP contribution in [-0.2, 0) is 11.3 Å². The van der Waals surface area contributed by atoms with Gasteiger partial charge in [-0.25, -0.2) is 4.98 Å². The molecule has 0 saturated carbocycles. The molecule has 1 aliphatic heterocycles. The molecule has 29 heavy (non-hydrogen) atoms. The molecule has 1 saturated heterocycles. The van der Waals surface area contributed by atoms with Crippen LogP contribution in [0.3, 0.4) is 0 Å². The molecule has 1 fully saturated rings. The molecular formula is C24H26N4O. The molecule has 3 aromatic rings. The number of hydrogen-bond acceptors (Lipinski definition) is 4. The quantitative estimate of drug-likeness (QED) is 0.655. The fourth-order valence-corrected chi connectivity index (χ4v) is 3.78. The summed E-state index contributed by atoms with van der Waals surface area (Å²) < 4.78 is 0. The minimum absolute atomic E-state index is 0.183. The number of likely N-dealkylation sites (tertiary alicyclic amines) is 1. The Hall–Kier alpha value is -3.05. The first-order chi connectivity index (χ1) is 14.2. The average molecular weight is 386 g/mol. The van der Waals surface area contributed by atoms with Crippen molar-refractivity contribution in [3.63, 3.8) is 0 Å². The second-order valence-electron chi connectivity index (χ2n) is 7.79. The number of para-hydroxylation sites is 2. The Morgan fingerprint density at radius 3 is 2.76 bits per heavy atom. The number of fused-ring (bicyclic) bond motifs is 1. The molecular weight excluding hydrogens is 360 g/mol. The van der Waals surface area contributed by atoms with Crippen molar-refractivity contribution in [2.45, 2.75) is 26.3 Å². The van der Waals surface area contributed by atoms with Crippen LogP contribution in [0, 0.1) is 5.92 Å². The SMILES string of the molecule is CC1CCCN(Cc2ccc(NC(=O)/C=C/c3cnc4ccccc4n3)cc2)C1. The summed E-state index contributed by atoms with van der Waals surface area (Å²) in [7, 11) is 0. The summed E-state index contributed by atoms with van der Waals surface area (Å²) in [6.07, 6.45) is 7.45. The zero-order chi connectivity index (χ0) is 20.1. The highest BCUT2D eigenvalue weighted by atomic mass is 16.1. The van der Waals surface area contributed by atoms with E-state index < -0.39 is 0 Å². The van der Waals surface area contributed by atoms with Gasteiger partial charge in [-0.05, 0) is 61.2 Å². The summed E-state index contributed by atoms with van der Waals surface area (Å²) in [6, 6.07) is 15.8. The molecule has 148 valence electrons. The average Bonchev–Trinajstić information content (AvgIpc) is 2.73. The van der Waals surface area contributed by atoms with Crippen LogP contribution >= 0.6 is 0 Å². The molecule has 2 aromatic carbocycles. The van der Waals surface area contributed by atoms with Crippen LogP contribution in [0.2, 0.25) is 0 Å². The fraction of sp³-hybridized carbons (Fsp3) is 0.292. The Balaban J connectivity index is 1.33. The molecule has 2 heterocycles. The van der Waals surface area contributed by atoms with Crippen molar-refractivity contribution in [1.82, 2.24) is 14.9 Å². The van der Waals surface area contributed by atoms with E-state index in [1.54, 1.807) is 12.3 Å². The molecule has 1 aromatic heterocycles. The van der Waals surface area contributed by atoms with Crippen LogP contribution < -0.4 is 5.32 Å². The second-order valence-corrected chi connectivity index (χ2v) is 7.79. The van der Waals surface area contributed by atoms with E-state index in [-0.39, 0.29) is 5.91 Å². The predicted molar refractivity (Wildman–Crippen MR) is 117 cm³/mol. The number of anilines is 1. The molecule has 1 aliphatic rings. The van der Waals surface area contributed by atoms with Crippen LogP contribution in [0.5, 0.6) is 0 Å². The Bertz CT molecular complexity index is 1010. The summed E-state index contributed by atoms with van der Waals surface area (Å²) in [4.78, 5) is 23.6. The Kier molecular flexibility index (Phi) is 5.96. The van der Waals surface area contributed by atoms with Gasteiger partial charge in [-0.15, -0.1) is 0 Å². The number of carbonyl (C=O) groups is 1. The lowest BCUT2D eigenvalue weighted by atomic mass is 10.00. The first-order valence-electron chi connectivity index (χ1n) is 10.2. The lowest BCUT2D eigenvalue weighted by molar-refractivity contribution is -0.111. The van der Waals surface area contributed by atoms with E-state index in [4.69, 9.17) is 0 Å². The lowest BCUT2D eigenvalue weighted by Crippen LogP contribution is -2.33. The third-order valence-electron chi connectivity index (χ3n) is 5.24. The van der Waals surface area contributed by atoms with E-state index in [1.165, 1.54) is 37.6 Å². The van der Waals surface area contributed by atoms with Gasteiger partial charge in [0.05, 0.1) is 22.9 Å². The van der Waals surface area contributed by atoms with E-state index in [0.29, 0.717) is 5.69 Å². The fourth-order valence-electron chi connectivity index (χ4n) is 3.78. The van der Waals surface area contributed by atoms with E-state index in [1.807, 2.05) is 36.4 Å². The largest absolute Gasteiger partial charge is 0.323 e. The lowest BCUT2D eigenvalue weighted by Gasteiger charge is -2.30. The minimum atomic E-state index is -0.183. The predicted octanol–water partition coefficient (Wildman–Crippen LogP) is 4.51. The number of carbonyl (C=O) groups excluding carboxylic acids is 1. The number of rotatable bonds is 5. The highest BCUT2D eigenvalue weighted by Crippen LogP contribution is 2.19. The van der Waals surface area contributed by atoms with E-state index >= 15 is 0 Å². The second kappa shape index (κ2) is 8.97. The third-order valence-corrected chi connectivity index (χ3v) is 5.24. The van der Waals surface area contributed by atoms with Crippen LogP contribution in [0.1, 0.15) is 31.0 Å². The normalized spacial score (nSPS) is 17.6. The van der Waals surface area contributed by atoms with Crippen molar-refractivity contribution in [2.24, 2.45) is 5.92 Å². The smallest absolute Gasteiger partial charge is 0.248 e. The van der Waals surface area contributed by atoms with Gasteiger partial charge in [-0.3, -0.25) is 14.7 Å². The highest BCUT2D eigenvalue weighted by molar-refractivity contribution is 6.01. The van der Waals surface area contributed by atoms with Gasteiger partial charge in [0.1, 0.15) is 0 Å². The summed E-state index contributed by atoms with van der Waals surface area (Å²) in [5.41, 5.74) is 4.38. The zero-order valence-electron chi connectivity index (χ0n) is 16.7. The molecule has 0 radical (unpaired) electrons. The molecule has 0 bridgehead atoms. The van der Waals surface area contributed by atoms with Gasteiger partial charge in [-0.1, -0.05) is 31.2 Å². The number of nitrogens with zero attached hydrogens (tertiary/aromatic N) is 3. The van der Waals surface area contributed by atoms with Crippen LogP contribution in [0.15, 0.2) is 60.8 Å². The molecule has 0 spiro atoms. The molecule has 5 heteroatoms. The maximum Gasteiger partial charge on any atom is 0.248 e. The summed E-state index contributed by atoms with van der Waals surface area (Å²) in [6.45, 7) is 5.63.